The number of ether oxygens (including phenoxy) is 7. The molecule has 39 heavy (non-hydrogen) atoms. The second kappa shape index (κ2) is 17.6. The number of rotatable bonds is 16. The maximum Gasteiger partial charge on any atom is 0.305 e. The third kappa shape index (κ3) is 12.2. The largest absolute Gasteiger partial charge is 0.463 e. The van der Waals surface area contributed by atoms with E-state index in [1.54, 1.807) is 0 Å². The van der Waals surface area contributed by atoms with E-state index >= 15 is 0 Å². The van der Waals surface area contributed by atoms with Crippen molar-refractivity contribution in [3.63, 3.8) is 0 Å². The van der Waals surface area contributed by atoms with E-state index in [0.29, 0.717) is 25.9 Å². The van der Waals surface area contributed by atoms with E-state index in [-0.39, 0.29) is 38.3 Å². The van der Waals surface area contributed by atoms with Gasteiger partial charge in [-0.05, 0) is 31.2 Å². The quantitative estimate of drug-likeness (QED) is 0.0679. The van der Waals surface area contributed by atoms with Gasteiger partial charge in [0.2, 0.25) is 0 Å². The van der Waals surface area contributed by atoms with Gasteiger partial charge in [-0.25, -0.2) is 0 Å². The van der Waals surface area contributed by atoms with Crippen LogP contribution in [0.2, 0.25) is 0 Å². The highest BCUT2D eigenvalue weighted by atomic mass is 16.7. The summed E-state index contributed by atoms with van der Waals surface area (Å²) in [7, 11) is 0. The Bertz CT molecular complexity index is 858. The molecule has 0 amide bonds. The molecule has 0 radical (unpaired) electrons. The minimum Gasteiger partial charge on any atom is -0.463 e. The average Bonchev–Trinajstić information content (AvgIpc) is 3.39. The molecule has 0 spiro atoms. The fourth-order valence-electron chi connectivity index (χ4n) is 4.45. The first-order chi connectivity index (χ1) is 18.7. The molecule has 0 N–H and O–H groups in total. The zero-order chi connectivity index (χ0) is 28.6. The van der Waals surface area contributed by atoms with E-state index in [9.17, 15) is 19.2 Å². The molecule has 2 fully saturated rings. The molecule has 1 saturated heterocycles. The van der Waals surface area contributed by atoms with Gasteiger partial charge in [0.1, 0.15) is 25.4 Å². The van der Waals surface area contributed by atoms with Crippen LogP contribution in [-0.2, 0) is 52.3 Å². The van der Waals surface area contributed by atoms with Crippen LogP contribution in [0.25, 0.3) is 10.4 Å². The second-order valence-corrected chi connectivity index (χ2v) is 9.37. The lowest BCUT2D eigenvalue weighted by Crippen LogP contribution is -2.61. The van der Waals surface area contributed by atoms with Crippen LogP contribution >= 0.6 is 0 Å². The highest BCUT2D eigenvalue weighted by molar-refractivity contribution is 5.69. The van der Waals surface area contributed by atoms with Crippen LogP contribution in [-0.4, -0.2) is 87.1 Å². The molecule has 220 valence electrons. The summed E-state index contributed by atoms with van der Waals surface area (Å²) in [6, 6.07) is -1.18. The number of nitrogens with zero attached hydrogens (tertiary/aromatic N) is 3. The van der Waals surface area contributed by atoms with E-state index in [1.807, 2.05) is 0 Å². The highest BCUT2D eigenvalue weighted by Crippen LogP contribution is 2.30. The maximum atomic E-state index is 11.9. The molecule has 14 heteroatoms. The Morgan fingerprint density at radius 1 is 0.846 bits per heavy atom. The first kappa shape index (κ1) is 32.3. The smallest absolute Gasteiger partial charge is 0.305 e. The third-order valence-electron chi connectivity index (χ3n) is 6.16. The molecule has 0 bridgehead atoms. The number of unbranched alkanes of at least 4 members (excludes halogenated alkanes) is 2. The summed E-state index contributed by atoms with van der Waals surface area (Å²) in [4.78, 5) is 49.6. The number of azide groups is 1. The van der Waals surface area contributed by atoms with Gasteiger partial charge in [0.25, 0.3) is 0 Å². The SMILES string of the molecule is CC(=O)OCC1OC(OCCCCCC(=O)OCCOC2CCCC2)C(N=[N+]=[N-])C(OC(C)=O)C1OC(C)=O. The van der Waals surface area contributed by atoms with E-state index in [0.717, 1.165) is 26.7 Å². The van der Waals surface area contributed by atoms with Crippen molar-refractivity contribution in [1.82, 2.24) is 0 Å². The molecule has 0 aromatic heterocycles. The van der Waals surface area contributed by atoms with Gasteiger partial charge in [-0.3, -0.25) is 19.2 Å². The van der Waals surface area contributed by atoms with Crippen LogP contribution in [0.15, 0.2) is 5.11 Å². The fourth-order valence-corrected chi connectivity index (χ4v) is 4.45. The molecule has 1 aliphatic heterocycles. The Morgan fingerprint density at radius 3 is 2.18 bits per heavy atom. The lowest BCUT2D eigenvalue weighted by Gasteiger charge is -2.43. The van der Waals surface area contributed by atoms with Crippen molar-refractivity contribution in [1.29, 1.82) is 0 Å². The Labute approximate surface area is 227 Å². The van der Waals surface area contributed by atoms with E-state index in [2.05, 4.69) is 10.0 Å². The van der Waals surface area contributed by atoms with Crippen molar-refractivity contribution in [2.24, 2.45) is 5.11 Å². The lowest BCUT2D eigenvalue weighted by molar-refractivity contribution is -0.273. The zero-order valence-electron chi connectivity index (χ0n) is 22.8. The Hall–Kier alpha value is -2.93. The molecule has 5 unspecified atom stereocenters. The zero-order valence-corrected chi connectivity index (χ0v) is 22.8. The normalized spacial score (nSPS) is 24.8. The standard InChI is InChI=1S/C25H39N3O11/c1-16(29)36-15-20-23(37-17(2)30)24(38-18(3)31)22(27-28-26)25(39-20)35-12-8-4-5-11-21(32)34-14-13-33-19-9-6-7-10-19/h19-20,22-25H,4-15H2,1-3H3. The predicted molar refractivity (Wildman–Crippen MR) is 133 cm³/mol. The summed E-state index contributed by atoms with van der Waals surface area (Å²) >= 11 is 0. The van der Waals surface area contributed by atoms with Crippen molar-refractivity contribution in [2.45, 2.75) is 109 Å². The van der Waals surface area contributed by atoms with Gasteiger partial charge < -0.3 is 33.2 Å². The Kier molecular flexibility index (Phi) is 14.6. The van der Waals surface area contributed by atoms with Gasteiger partial charge in [-0.1, -0.05) is 24.4 Å². The van der Waals surface area contributed by atoms with E-state index in [4.69, 9.17) is 38.7 Å². The Morgan fingerprint density at radius 2 is 1.54 bits per heavy atom. The topological polar surface area (TPSA) is 182 Å². The first-order valence-corrected chi connectivity index (χ1v) is 13.3. The van der Waals surface area contributed by atoms with Crippen LogP contribution in [0, 0.1) is 0 Å². The number of hydrogen-bond acceptors (Lipinski definition) is 12. The second-order valence-electron chi connectivity index (χ2n) is 9.37. The fraction of sp³-hybridized carbons (Fsp3) is 0.840. The van der Waals surface area contributed by atoms with Gasteiger partial charge >= 0.3 is 23.9 Å². The first-order valence-electron chi connectivity index (χ1n) is 13.3. The Balaban J connectivity index is 1.84. The van der Waals surface area contributed by atoms with Crippen LogP contribution in [0.3, 0.4) is 0 Å². The number of carbonyl (C=O) groups excluding carboxylic acids is 4. The molecule has 0 aromatic rings. The molecular weight excluding hydrogens is 518 g/mol. The van der Waals surface area contributed by atoms with Crippen molar-refractivity contribution in [2.75, 3.05) is 26.4 Å². The van der Waals surface area contributed by atoms with Gasteiger partial charge in [-0.15, -0.1) is 0 Å². The molecule has 2 aliphatic rings. The average molecular weight is 558 g/mol. The highest BCUT2D eigenvalue weighted by Gasteiger charge is 2.50. The minimum absolute atomic E-state index is 0.164. The van der Waals surface area contributed by atoms with Gasteiger partial charge in [0.05, 0.1) is 12.7 Å². The molecule has 1 heterocycles. The minimum atomic E-state index is -1.24. The molecule has 1 saturated carbocycles. The number of esters is 4. The van der Waals surface area contributed by atoms with Gasteiger partial charge in [0.15, 0.2) is 18.5 Å². The van der Waals surface area contributed by atoms with Crippen LogP contribution in [0.1, 0.15) is 72.1 Å². The molecule has 1 aliphatic carbocycles. The summed E-state index contributed by atoms with van der Waals surface area (Å²) in [5.41, 5.74) is 9.10. The lowest BCUT2D eigenvalue weighted by atomic mass is 9.97. The summed E-state index contributed by atoms with van der Waals surface area (Å²) < 4.78 is 38.2. The maximum absolute atomic E-state index is 11.9. The van der Waals surface area contributed by atoms with Crippen molar-refractivity contribution >= 4 is 23.9 Å². The molecule has 2 rings (SSSR count). The molecule has 5 atom stereocenters. The monoisotopic (exact) mass is 557 g/mol. The van der Waals surface area contributed by atoms with E-state index in [1.165, 1.54) is 19.8 Å². The molecule has 14 nitrogen and oxygen atoms in total. The van der Waals surface area contributed by atoms with Crippen molar-refractivity contribution in [3.8, 4) is 0 Å². The van der Waals surface area contributed by atoms with Crippen LogP contribution < -0.4 is 0 Å². The summed E-state index contributed by atoms with van der Waals surface area (Å²) in [5.74, 6) is -2.30. The summed E-state index contributed by atoms with van der Waals surface area (Å²) in [6.07, 6.45) is 2.12. The van der Waals surface area contributed by atoms with E-state index < -0.39 is 48.6 Å². The predicted octanol–water partition coefficient (Wildman–Crippen LogP) is 2.90. The summed E-state index contributed by atoms with van der Waals surface area (Å²) in [6.45, 7) is 3.99. The van der Waals surface area contributed by atoms with Gasteiger partial charge in [0, 0.05) is 38.7 Å². The number of carbonyl (C=O) groups is 4. The van der Waals surface area contributed by atoms with Crippen molar-refractivity contribution < 1.29 is 52.3 Å². The molecule has 0 aromatic carbocycles. The van der Waals surface area contributed by atoms with Crippen LogP contribution in [0.5, 0.6) is 0 Å². The van der Waals surface area contributed by atoms with Crippen LogP contribution in [0.4, 0.5) is 0 Å². The third-order valence-corrected chi connectivity index (χ3v) is 6.16. The van der Waals surface area contributed by atoms with Gasteiger partial charge in [-0.2, -0.15) is 0 Å². The number of hydrogen-bond donors (Lipinski definition) is 0. The van der Waals surface area contributed by atoms with Crippen molar-refractivity contribution in [3.05, 3.63) is 10.4 Å². The molecular formula is C25H39N3O11. The summed E-state index contributed by atoms with van der Waals surface area (Å²) in [5, 5.41) is 3.67.